The Kier molecular flexibility index (Phi) is 4.43. The number of hydrogen-bond donors (Lipinski definition) is 0. The second-order valence-corrected chi connectivity index (χ2v) is 9.17. The van der Waals surface area contributed by atoms with Crippen LogP contribution in [0.3, 0.4) is 0 Å². The topological polar surface area (TPSA) is 68.3 Å². The molecule has 1 aliphatic rings. The molecule has 0 radical (unpaired) electrons. The maximum Gasteiger partial charge on any atom is 0.233 e. The van der Waals surface area contributed by atoms with Crippen molar-refractivity contribution in [1.82, 2.24) is 0 Å². The Bertz CT molecular complexity index is 392. The summed E-state index contributed by atoms with van der Waals surface area (Å²) in [6, 6.07) is 0. The lowest BCUT2D eigenvalue weighted by Crippen LogP contribution is -2.28. The molecule has 0 heterocycles. The van der Waals surface area contributed by atoms with Crippen molar-refractivity contribution in [3.8, 4) is 0 Å². The fourth-order valence-electron chi connectivity index (χ4n) is 1.81. The Morgan fingerprint density at radius 3 is 1.93 bits per heavy atom. The van der Waals surface area contributed by atoms with Crippen molar-refractivity contribution in [1.29, 1.82) is 0 Å². The van der Waals surface area contributed by atoms with E-state index >= 15 is 0 Å². The largest absolute Gasteiger partial charge is 0.233 e. The molecule has 15 heavy (non-hydrogen) atoms. The second kappa shape index (κ2) is 5.01. The van der Waals surface area contributed by atoms with Crippen LogP contribution in [0.25, 0.3) is 0 Å². The highest BCUT2D eigenvalue weighted by Gasteiger charge is 2.28. The summed E-state index contributed by atoms with van der Waals surface area (Å²) >= 11 is 0. The summed E-state index contributed by atoms with van der Waals surface area (Å²) < 4.78 is 44.7. The van der Waals surface area contributed by atoms with Crippen molar-refractivity contribution in [2.45, 2.75) is 37.4 Å². The van der Waals surface area contributed by atoms with Gasteiger partial charge in [0, 0.05) is 10.7 Å². The summed E-state index contributed by atoms with van der Waals surface area (Å²) in [6.07, 6.45) is 4.21. The van der Waals surface area contributed by atoms with Crippen LogP contribution >= 0.6 is 10.7 Å². The quantitative estimate of drug-likeness (QED) is 0.725. The lowest BCUT2D eigenvalue weighted by Gasteiger charge is -2.21. The number of rotatable bonds is 4. The minimum atomic E-state index is -3.70. The molecule has 0 bridgehead atoms. The predicted octanol–water partition coefficient (Wildman–Crippen LogP) is 1.30. The van der Waals surface area contributed by atoms with Gasteiger partial charge in [0.1, 0.15) is 0 Å². The molecule has 0 aromatic rings. The van der Waals surface area contributed by atoms with Gasteiger partial charge in [-0.25, -0.2) is 16.8 Å². The first kappa shape index (κ1) is 13.3. The molecule has 7 heteroatoms. The van der Waals surface area contributed by atoms with E-state index in [-0.39, 0.29) is 11.0 Å². The van der Waals surface area contributed by atoms with Crippen LogP contribution in [0.2, 0.25) is 0 Å². The molecule has 4 nitrogen and oxygen atoms in total. The average Bonchev–Trinajstić information content (AvgIpc) is 2.16. The van der Waals surface area contributed by atoms with E-state index in [0.29, 0.717) is 12.8 Å². The van der Waals surface area contributed by atoms with E-state index in [2.05, 4.69) is 0 Å². The zero-order chi connectivity index (χ0) is 11.5. The van der Waals surface area contributed by atoms with Gasteiger partial charge in [0.25, 0.3) is 0 Å². The molecule has 1 saturated carbocycles. The third kappa shape index (κ3) is 4.70. The molecule has 1 rings (SSSR count). The van der Waals surface area contributed by atoms with Crippen molar-refractivity contribution in [3.63, 3.8) is 0 Å². The standard InChI is InChI=1S/C8H15ClO4S2/c9-15(12,13)7-6-14(10,11)8-4-2-1-3-5-8/h8H,1-7H2. The molecule has 1 aliphatic carbocycles. The Morgan fingerprint density at radius 1 is 0.933 bits per heavy atom. The Labute approximate surface area is 95.3 Å². The first-order valence-electron chi connectivity index (χ1n) is 4.95. The van der Waals surface area contributed by atoms with Gasteiger partial charge >= 0.3 is 0 Å². The van der Waals surface area contributed by atoms with Crippen LogP contribution < -0.4 is 0 Å². The molecule has 90 valence electrons. The molecule has 1 fully saturated rings. The number of hydrogen-bond acceptors (Lipinski definition) is 4. The highest BCUT2D eigenvalue weighted by Crippen LogP contribution is 2.24. The molecule has 0 amide bonds. The third-order valence-electron chi connectivity index (χ3n) is 2.67. The summed E-state index contributed by atoms with van der Waals surface area (Å²) in [5.74, 6) is -0.823. The number of halogens is 1. The van der Waals surface area contributed by atoms with E-state index in [9.17, 15) is 16.8 Å². The maximum atomic E-state index is 11.7. The lowest BCUT2D eigenvalue weighted by atomic mass is 10.0. The third-order valence-corrected chi connectivity index (χ3v) is 6.35. The van der Waals surface area contributed by atoms with Gasteiger partial charge < -0.3 is 0 Å². The molecule has 0 atom stereocenters. The second-order valence-electron chi connectivity index (χ2n) is 3.87. The van der Waals surface area contributed by atoms with Gasteiger partial charge in [-0.1, -0.05) is 19.3 Å². The van der Waals surface area contributed by atoms with Gasteiger partial charge in [0.15, 0.2) is 9.84 Å². The maximum absolute atomic E-state index is 11.7. The molecule has 0 aliphatic heterocycles. The molecule has 0 saturated heterocycles. The smallest absolute Gasteiger partial charge is 0.229 e. The Morgan fingerprint density at radius 2 is 1.47 bits per heavy atom. The van der Waals surface area contributed by atoms with Crippen LogP contribution in [-0.2, 0) is 18.9 Å². The van der Waals surface area contributed by atoms with E-state index in [1.807, 2.05) is 0 Å². The SMILES string of the molecule is O=S(=O)(Cl)CCS(=O)(=O)C1CCCCC1. The first-order valence-corrected chi connectivity index (χ1v) is 9.14. The fraction of sp³-hybridized carbons (Fsp3) is 1.00. The summed E-state index contributed by atoms with van der Waals surface area (Å²) in [5, 5.41) is -0.357. The molecule has 0 unspecified atom stereocenters. The van der Waals surface area contributed by atoms with E-state index < -0.39 is 24.6 Å². The van der Waals surface area contributed by atoms with Crippen molar-refractivity contribution in [3.05, 3.63) is 0 Å². The summed E-state index contributed by atoms with van der Waals surface area (Å²) in [6.45, 7) is 0. The Hall–Kier alpha value is 0.190. The van der Waals surface area contributed by atoms with Gasteiger partial charge in [-0.15, -0.1) is 0 Å². The molecule has 0 aromatic carbocycles. The molecule has 0 N–H and O–H groups in total. The van der Waals surface area contributed by atoms with Crippen LogP contribution in [0.5, 0.6) is 0 Å². The summed E-state index contributed by atoms with van der Waals surface area (Å²) in [5.41, 5.74) is 0. The predicted molar refractivity (Wildman–Crippen MR) is 60.3 cm³/mol. The van der Waals surface area contributed by atoms with Crippen LogP contribution in [0.1, 0.15) is 32.1 Å². The fourth-order valence-corrected chi connectivity index (χ4v) is 5.48. The van der Waals surface area contributed by atoms with Gasteiger partial charge in [0.2, 0.25) is 9.05 Å². The zero-order valence-corrected chi connectivity index (χ0v) is 10.7. The molecular weight excluding hydrogens is 260 g/mol. The van der Waals surface area contributed by atoms with Crippen molar-refractivity contribution >= 4 is 29.6 Å². The van der Waals surface area contributed by atoms with E-state index in [0.717, 1.165) is 19.3 Å². The summed E-state index contributed by atoms with van der Waals surface area (Å²) in [7, 11) is -2.00. The number of sulfone groups is 1. The average molecular weight is 275 g/mol. The minimum Gasteiger partial charge on any atom is -0.229 e. The molecule has 0 spiro atoms. The van der Waals surface area contributed by atoms with Gasteiger partial charge in [0.05, 0.1) is 16.8 Å². The zero-order valence-electron chi connectivity index (χ0n) is 8.35. The van der Waals surface area contributed by atoms with Crippen molar-refractivity contribution in [2.75, 3.05) is 11.5 Å². The normalized spacial score (nSPS) is 20.3. The van der Waals surface area contributed by atoms with Crippen LogP contribution in [0, 0.1) is 0 Å². The monoisotopic (exact) mass is 274 g/mol. The van der Waals surface area contributed by atoms with Gasteiger partial charge in [-0.05, 0) is 12.8 Å². The highest BCUT2D eigenvalue weighted by molar-refractivity contribution is 8.14. The van der Waals surface area contributed by atoms with Gasteiger partial charge in [-0.2, -0.15) is 0 Å². The van der Waals surface area contributed by atoms with Crippen LogP contribution in [-0.4, -0.2) is 33.6 Å². The Balaban J connectivity index is 2.58. The first-order chi connectivity index (χ1) is 6.81. The van der Waals surface area contributed by atoms with Crippen LogP contribution in [0.4, 0.5) is 0 Å². The van der Waals surface area contributed by atoms with E-state index in [4.69, 9.17) is 10.7 Å². The van der Waals surface area contributed by atoms with Gasteiger partial charge in [-0.3, -0.25) is 0 Å². The van der Waals surface area contributed by atoms with Crippen LogP contribution in [0.15, 0.2) is 0 Å². The molecule has 0 aromatic heterocycles. The summed E-state index contributed by atoms with van der Waals surface area (Å²) in [4.78, 5) is 0. The lowest BCUT2D eigenvalue weighted by molar-refractivity contribution is 0.484. The minimum absolute atomic E-state index is 0.344. The van der Waals surface area contributed by atoms with Crippen molar-refractivity contribution in [2.24, 2.45) is 0 Å². The molecular formula is C8H15ClO4S2. The van der Waals surface area contributed by atoms with E-state index in [1.54, 1.807) is 0 Å². The highest BCUT2D eigenvalue weighted by atomic mass is 35.7. The van der Waals surface area contributed by atoms with Crippen molar-refractivity contribution < 1.29 is 16.8 Å². The van der Waals surface area contributed by atoms with E-state index in [1.165, 1.54) is 0 Å².